The number of rotatable bonds is 9. The lowest BCUT2D eigenvalue weighted by Gasteiger charge is -2.12. The monoisotopic (exact) mass is 307 g/mol. The zero-order valence-corrected chi connectivity index (χ0v) is 13.2. The Kier molecular flexibility index (Phi) is 7.56. The Morgan fingerprint density at radius 2 is 1.82 bits per heavy atom. The molecule has 0 spiro atoms. The predicted molar refractivity (Wildman–Crippen MR) is 86.1 cm³/mol. The highest BCUT2D eigenvalue weighted by Crippen LogP contribution is 2.15. The second-order valence-electron chi connectivity index (χ2n) is 5.55. The number of Topliss-reactive ketones (excluding diaryl/α,β-unsaturated/α-hetero) is 1. The maximum Gasteiger partial charge on any atom is 0.260 e. The highest BCUT2D eigenvalue weighted by atomic mass is 16.5. The predicted octanol–water partition coefficient (Wildman–Crippen LogP) is 1.72. The van der Waals surface area contributed by atoms with Crippen LogP contribution in [0, 0.1) is 0 Å². The van der Waals surface area contributed by atoms with E-state index in [-0.39, 0.29) is 5.78 Å². The number of carbonyl (C=O) groups excluding carboxylic acids is 2. The van der Waals surface area contributed by atoms with Gasteiger partial charge < -0.3 is 10.6 Å². The average Bonchev–Trinajstić information content (AvgIpc) is 2.53. The summed E-state index contributed by atoms with van der Waals surface area (Å²) in [5, 5.41) is 8.43. The summed E-state index contributed by atoms with van der Waals surface area (Å²) in [5.41, 5.74) is 8.88. The number of carbonyl (C=O) groups is 2. The zero-order valence-electron chi connectivity index (χ0n) is 13.2. The number of ketones is 1. The number of benzene rings is 1. The number of anilines is 1. The lowest BCUT2D eigenvalue weighted by Crippen LogP contribution is -2.38. The molecule has 0 fully saturated rings. The van der Waals surface area contributed by atoms with Crippen LogP contribution in [0.3, 0.4) is 0 Å². The molecule has 0 saturated carbocycles. The van der Waals surface area contributed by atoms with Crippen molar-refractivity contribution in [3.63, 3.8) is 0 Å². The minimum absolute atomic E-state index is 0.128. The molecule has 0 aliphatic rings. The van der Waals surface area contributed by atoms with Crippen LogP contribution in [-0.4, -0.2) is 37.0 Å². The molecule has 0 saturated heterocycles. The molecule has 1 aromatic rings. The molecule has 0 bridgehead atoms. The van der Waals surface area contributed by atoms with Crippen molar-refractivity contribution in [2.24, 2.45) is 5.73 Å². The van der Waals surface area contributed by atoms with Gasteiger partial charge in [0.05, 0.1) is 6.04 Å². The van der Waals surface area contributed by atoms with Gasteiger partial charge in [0.25, 0.3) is 5.91 Å². The quantitative estimate of drug-likeness (QED) is 0.279. The fourth-order valence-corrected chi connectivity index (χ4v) is 2.13. The average molecular weight is 307 g/mol. The SMILES string of the molecule is CN(C)c1ccc(C(=O)CCCCCC(N)C(=O)NO)cc1. The van der Waals surface area contributed by atoms with E-state index in [1.54, 1.807) is 0 Å². The maximum absolute atomic E-state index is 12.0. The molecule has 1 rings (SSSR count). The lowest BCUT2D eigenvalue weighted by molar-refractivity contribution is -0.130. The Bertz CT molecular complexity index is 486. The molecule has 0 radical (unpaired) electrons. The zero-order chi connectivity index (χ0) is 16.5. The number of amides is 1. The Labute approximate surface area is 131 Å². The van der Waals surface area contributed by atoms with Crippen molar-refractivity contribution in [1.29, 1.82) is 0 Å². The van der Waals surface area contributed by atoms with E-state index in [1.165, 1.54) is 5.48 Å². The third-order valence-corrected chi connectivity index (χ3v) is 3.57. The van der Waals surface area contributed by atoms with E-state index < -0.39 is 11.9 Å². The van der Waals surface area contributed by atoms with Crippen LogP contribution in [0.25, 0.3) is 0 Å². The van der Waals surface area contributed by atoms with Crippen molar-refractivity contribution in [3.05, 3.63) is 29.8 Å². The van der Waals surface area contributed by atoms with Crippen molar-refractivity contribution >= 4 is 17.4 Å². The van der Waals surface area contributed by atoms with Gasteiger partial charge in [-0.3, -0.25) is 14.8 Å². The molecule has 1 amide bonds. The van der Waals surface area contributed by atoms with Crippen molar-refractivity contribution in [2.45, 2.75) is 38.1 Å². The molecular formula is C16H25N3O3. The molecule has 1 unspecified atom stereocenters. The van der Waals surface area contributed by atoms with Crippen LogP contribution in [0.15, 0.2) is 24.3 Å². The summed E-state index contributed by atoms with van der Waals surface area (Å²) >= 11 is 0. The van der Waals surface area contributed by atoms with Crippen LogP contribution in [0.4, 0.5) is 5.69 Å². The Morgan fingerprint density at radius 1 is 1.18 bits per heavy atom. The first kappa shape index (κ1) is 18.1. The number of nitrogens with zero attached hydrogens (tertiary/aromatic N) is 1. The summed E-state index contributed by atoms with van der Waals surface area (Å²) in [6.07, 6.45) is 3.33. The Hall–Kier alpha value is -1.92. The van der Waals surface area contributed by atoms with Crippen LogP contribution < -0.4 is 16.1 Å². The minimum Gasteiger partial charge on any atom is -0.378 e. The van der Waals surface area contributed by atoms with Crippen molar-refractivity contribution in [2.75, 3.05) is 19.0 Å². The molecule has 0 aromatic heterocycles. The summed E-state index contributed by atoms with van der Waals surface area (Å²) in [4.78, 5) is 25.0. The van der Waals surface area contributed by atoms with E-state index in [4.69, 9.17) is 10.9 Å². The van der Waals surface area contributed by atoms with Crippen molar-refractivity contribution < 1.29 is 14.8 Å². The largest absolute Gasteiger partial charge is 0.378 e. The second-order valence-corrected chi connectivity index (χ2v) is 5.55. The first-order valence-electron chi connectivity index (χ1n) is 7.46. The molecule has 0 aliphatic carbocycles. The number of nitrogens with one attached hydrogen (secondary N) is 1. The summed E-state index contributed by atoms with van der Waals surface area (Å²) in [7, 11) is 3.91. The van der Waals surface area contributed by atoms with Gasteiger partial charge in [-0.2, -0.15) is 0 Å². The van der Waals surface area contributed by atoms with Crippen molar-refractivity contribution in [1.82, 2.24) is 5.48 Å². The molecule has 6 heteroatoms. The molecule has 1 aromatic carbocycles. The van der Waals surface area contributed by atoms with Gasteiger partial charge in [-0.1, -0.05) is 12.8 Å². The lowest BCUT2D eigenvalue weighted by atomic mass is 10.0. The number of nitrogens with two attached hydrogens (primary N) is 1. The second kappa shape index (κ2) is 9.17. The smallest absolute Gasteiger partial charge is 0.260 e. The van der Waals surface area contributed by atoms with E-state index in [0.717, 1.165) is 30.5 Å². The molecule has 22 heavy (non-hydrogen) atoms. The van der Waals surface area contributed by atoms with E-state index in [2.05, 4.69) is 0 Å². The normalized spacial score (nSPS) is 11.8. The topological polar surface area (TPSA) is 95.7 Å². The fraction of sp³-hybridized carbons (Fsp3) is 0.500. The highest BCUT2D eigenvalue weighted by Gasteiger charge is 2.11. The highest BCUT2D eigenvalue weighted by molar-refractivity contribution is 5.96. The van der Waals surface area contributed by atoms with Gasteiger partial charge in [0.2, 0.25) is 0 Å². The first-order valence-corrected chi connectivity index (χ1v) is 7.46. The standard InChI is InChI=1S/C16H25N3O3/c1-19(2)13-10-8-12(9-11-13)15(20)7-5-3-4-6-14(17)16(21)18-22/h8-11,14,22H,3-7,17H2,1-2H3,(H,18,21). The fourth-order valence-electron chi connectivity index (χ4n) is 2.13. The number of unbranched alkanes of at least 4 members (excludes halogenated alkanes) is 2. The number of hydrogen-bond acceptors (Lipinski definition) is 5. The maximum atomic E-state index is 12.0. The minimum atomic E-state index is -0.695. The molecule has 0 heterocycles. The number of hydroxylamine groups is 1. The van der Waals surface area contributed by atoms with E-state index in [9.17, 15) is 9.59 Å². The van der Waals surface area contributed by atoms with E-state index in [0.29, 0.717) is 12.8 Å². The molecule has 122 valence electrons. The van der Waals surface area contributed by atoms with Gasteiger partial charge in [-0.25, -0.2) is 5.48 Å². The van der Waals surface area contributed by atoms with Gasteiger partial charge in [-0.15, -0.1) is 0 Å². The van der Waals surface area contributed by atoms with Gasteiger partial charge >= 0.3 is 0 Å². The van der Waals surface area contributed by atoms with E-state index >= 15 is 0 Å². The summed E-state index contributed by atoms with van der Waals surface area (Å²) in [6.45, 7) is 0. The van der Waals surface area contributed by atoms with Crippen LogP contribution >= 0.6 is 0 Å². The third-order valence-electron chi connectivity index (χ3n) is 3.57. The molecule has 1 atom stereocenters. The first-order chi connectivity index (χ1) is 10.5. The van der Waals surface area contributed by atoms with E-state index in [1.807, 2.05) is 43.3 Å². The van der Waals surface area contributed by atoms with Crippen LogP contribution in [0.5, 0.6) is 0 Å². The van der Waals surface area contributed by atoms with Gasteiger partial charge in [0.15, 0.2) is 5.78 Å². The van der Waals surface area contributed by atoms with Crippen LogP contribution in [0.1, 0.15) is 42.5 Å². The van der Waals surface area contributed by atoms with Gasteiger partial charge in [0, 0.05) is 31.8 Å². The Balaban J connectivity index is 2.27. The number of hydrogen-bond donors (Lipinski definition) is 3. The molecule has 6 nitrogen and oxygen atoms in total. The van der Waals surface area contributed by atoms with Crippen LogP contribution in [-0.2, 0) is 4.79 Å². The third kappa shape index (κ3) is 5.83. The molecule has 4 N–H and O–H groups in total. The van der Waals surface area contributed by atoms with Crippen molar-refractivity contribution in [3.8, 4) is 0 Å². The summed E-state index contributed by atoms with van der Waals surface area (Å²) in [6, 6.07) is 6.86. The summed E-state index contributed by atoms with van der Waals surface area (Å²) < 4.78 is 0. The molecular weight excluding hydrogens is 282 g/mol. The Morgan fingerprint density at radius 3 is 2.36 bits per heavy atom. The van der Waals surface area contributed by atoms with Gasteiger partial charge in [-0.05, 0) is 37.1 Å². The van der Waals surface area contributed by atoms with Crippen LogP contribution in [0.2, 0.25) is 0 Å². The molecule has 0 aliphatic heterocycles. The van der Waals surface area contributed by atoms with Gasteiger partial charge in [0.1, 0.15) is 0 Å². The summed E-state index contributed by atoms with van der Waals surface area (Å²) in [5.74, 6) is -0.445.